The molecular weight excluding hydrogens is 222 g/mol. The Kier molecular flexibility index (Phi) is 2.87. The highest BCUT2D eigenvalue weighted by Crippen LogP contribution is 2.15. The molecule has 0 bridgehead atoms. The fourth-order valence-electron chi connectivity index (χ4n) is 1.35. The van der Waals surface area contributed by atoms with E-state index < -0.39 is 11.9 Å². The summed E-state index contributed by atoms with van der Waals surface area (Å²) in [4.78, 5) is 22.6. The zero-order chi connectivity index (χ0) is 12.3. The minimum atomic E-state index is -1.09. The van der Waals surface area contributed by atoms with Crippen molar-refractivity contribution in [2.24, 2.45) is 0 Å². The number of aromatic nitrogens is 2. The highest BCUT2D eigenvalue weighted by molar-refractivity contribution is 6.07. The highest BCUT2D eigenvalue weighted by Gasteiger charge is 2.13. The van der Waals surface area contributed by atoms with Gasteiger partial charge in [0, 0.05) is 6.20 Å². The lowest BCUT2D eigenvalue weighted by Crippen LogP contribution is -2.14. The van der Waals surface area contributed by atoms with Crippen molar-refractivity contribution in [2.45, 2.75) is 0 Å². The van der Waals surface area contributed by atoms with E-state index in [1.807, 2.05) is 0 Å². The second-order valence-electron chi connectivity index (χ2n) is 3.29. The first kappa shape index (κ1) is 10.9. The van der Waals surface area contributed by atoms with Crippen LogP contribution < -0.4 is 5.32 Å². The number of aromatic carboxylic acids is 1. The number of aromatic amines is 1. The number of para-hydroxylation sites is 1. The van der Waals surface area contributed by atoms with Crippen LogP contribution in [0.25, 0.3) is 0 Å². The maximum atomic E-state index is 11.7. The van der Waals surface area contributed by atoms with Crippen LogP contribution in [0, 0.1) is 0 Å². The van der Waals surface area contributed by atoms with E-state index in [4.69, 9.17) is 5.11 Å². The van der Waals surface area contributed by atoms with E-state index in [1.165, 1.54) is 24.5 Å². The normalized spacial score (nSPS) is 9.88. The van der Waals surface area contributed by atoms with Gasteiger partial charge in [-0.05, 0) is 12.1 Å². The highest BCUT2D eigenvalue weighted by atomic mass is 16.4. The van der Waals surface area contributed by atoms with Gasteiger partial charge in [0.2, 0.25) is 0 Å². The van der Waals surface area contributed by atoms with Crippen LogP contribution in [-0.4, -0.2) is 27.2 Å². The standard InChI is InChI=1S/C11H9N3O3/c15-10(7-5-12-13-6-7)14-9-4-2-1-3-8(9)11(16)17/h1-6H,(H,12,13)(H,14,15)(H,16,17). The van der Waals surface area contributed by atoms with Crippen LogP contribution in [0.1, 0.15) is 20.7 Å². The van der Waals surface area contributed by atoms with Crippen molar-refractivity contribution in [3.8, 4) is 0 Å². The summed E-state index contributed by atoms with van der Waals surface area (Å²) in [5.41, 5.74) is 0.640. The predicted octanol–water partition coefficient (Wildman–Crippen LogP) is 1.36. The fraction of sp³-hybridized carbons (Fsp3) is 0. The van der Waals surface area contributed by atoms with Crippen molar-refractivity contribution in [1.82, 2.24) is 10.2 Å². The smallest absolute Gasteiger partial charge is 0.337 e. The molecule has 0 aliphatic heterocycles. The first-order chi connectivity index (χ1) is 8.18. The van der Waals surface area contributed by atoms with E-state index in [9.17, 15) is 9.59 Å². The molecule has 1 heterocycles. The summed E-state index contributed by atoms with van der Waals surface area (Å²) < 4.78 is 0. The topological polar surface area (TPSA) is 95.1 Å². The third-order valence-corrected chi connectivity index (χ3v) is 2.17. The molecule has 2 aromatic rings. The lowest BCUT2D eigenvalue weighted by atomic mass is 10.1. The molecule has 86 valence electrons. The number of carbonyl (C=O) groups excluding carboxylic acids is 1. The number of carbonyl (C=O) groups is 2. The van der Waals surface area contributed by atoms with Gasteiger partial charge in [-0.3, -0.25) is 9.89 Å². The van der Waals surface area contributed by atoms with E-state index in [2.05, 4.69) is 15.5 Å². The first-order valence-electron chi connectivity index (χ1n) is 4.81. The van der Waals surface area contributed by atoms with Crippen LogP contribution in [0.2, 0.25) is 0 Å². The molecule has 6 nitrogen and oxygen atoms in total. The van der Waals surface area contributed by atoms with Crippen molar-refractivity contribution in [3.63, 3.8) is 0 Å². The SMILES string of the molecule is O=C(Nc1ccccc1C(=O)O)c1cn[nH]c1. The lowest BCUT2D eigenvalue weighted by Gasteiger charge is -2.06. The fourth-order valence-corrected chi connectivity index (χ4v) is 1.35. The van der Waals surface area contributed by atoms with Crippen LogP contribution >= 0.6 is 0 Å². The molecule has 0 saturated carbocycles. The van der Waals surface area contributed by atoms with Gasteiger partial charge in [-0.2, -0.15) is 5.10 Å². The number of nitrogens with one attached hydrogen (secondary N) is 2. The zero-order valence-electron chi connectivity index (χ0n) is 8.68. The van der Waals surface area contributed by atoms with Gasteiger partial charge < -0.3 is 10.4 Å². The molecule has 1 amide bonds. The van der Waals surface area contributed by atoms with Gasteiger partial charge in [-0.25, -0.2) is 4.79 Å². The Balaban J connectivity index is 2.25. The van der Waals surface area contributed by atoms with E-state index in [-0.39, 0.29) is 11.3 Å². The first-order valence-corrected chi connectivity index (χ1v) is 4.81. The molecule has 3 N–H and O–H groups in total. The molecule has 0 atom stereocenters. The number of rotatable bonds is 3. The summed E-state index contributed by atoms with van der Waals surface area (Å²) in [7, 11) is 0. The summed E-state index contributed by atoms with van der Waals surface area (Å²) in [5.74, 6) is -1.50. The van der Waals surface area contributed by atoms with Crippen molar-refractivity contribution in [3.05, 3.63) is 47.8 Å². The molecule has 0 aliphatic carbocycles. The summed E-state index contributed by atoms with van der Waals surface area (Å²) >= 11 is 0. The van der Waals surface area contributed by atoms with Crippen molar-refractivity contribution < 1.29 is 14.7 Å². The number of H-pyrrole nitrogens is 1. The summed E-state index contributed by atoms with van der Waals surface area (Å²) in [6, 6.07) is 6.20. The molecule has 6 heteroatoms. The van der Waals surface area contributed by atoms with E-state index >= 15 is 0 Å². The molecule has 0 unspecified atom stereocenters. The maximum Gasteiger partial charge on any atom is 0.337 e. The Morgan fingerprint density at radius 1 is 1.29 bits per heavy atom. The molecule has 0 radical (unpaired) electrons. The number of carboxylic acid groups (broad SMARTS) is 1. The van der Waals surface area contributed by atoms with Crippen molar-refractivity contribution >= 4 is 17.6 Å². The maximum absolute atomic E-state index is 11.7. The number of amides is 1. The monoisotopic (exact) mass is 231 g/mol. The van der Waals surface area contributed by atoms with Gasteiger partial charge in [-0.15, -0.1) is 0 Å². The molecule has 0 saturated heterocycles. The van der Waals surface area contributed by atoms with E-state index in [0.717, 1.165) is 0 Å². The molecule has 0 spiro atoms. The van der Waals surface area contributed by atoms with Gasteiger partial charge in [-0.1, -0.05) is 12.1 Å². The van der Waals surface area contributed by atoms with Crippen molar-refractivity contribution in [2.75, 3.05) is 5.32 Å². The van der Waals surface area contributed by atoms with Crippen LogP contribution in [0.5, 0.6) is 0 Å². The number of carboxylic acids is 1. The minimum absolute atomic E-state index is 0.0457. The molecule has 0 aliphatic rings. The largest absolute Gasteiger partial charge is 0.478 e. The van der Waals surface area contributed by atoms with Crippen LogP contribution in [0.3, 0.4) is 0 Å². The van der Waals surface area contributed by atoms with Crippen LogP contribution in [-0.2, 0) is 0 Å². The number of anilines is 1. The zero-order valence-corrected chi connectivity index (χ0v) is 8.68. The molecule has 2 rings (SSSR count). The van der Waals surface area contributed by atoms with Crippen LogP contribution in [0.15, 0.2) is 36.7 Å². The van der Waals surface area contributed by atoms with Gasteiger partial charge >= 0.3 is 5.97 Å². The Hall–Kier alpha value is -2.63. The molecular formula is C11H9N3O3. The number of hydrogen-bond donors (Lipinski definition) is 3. The Morgan fingerprint density at radius 2 is 2.06 bits per heavy atom. The Bertz CT molecular complexity index is 549. The minimum Gasteiger partial charge on any atom is -0.478 e. The lowest BCUT2D eigenvalue weighted by molar-refractivity contribution is 0.0698. The van der Waals surface area contributed by atoms with Gasteiger partial charge in [0.25, 0.3) is 5.91 Å². The van der Waals surface area contributed by atoms with Gasteiger partial charge in [0.15, 0.2) is 0 Å². The second-order valence-corrected chi connectivity index (χ2v) is 3.29. The van der Waals surface area contributed by atoms with Gasteiger partial charge in [0.05, 0.1) is 23.0 Å². The molecule has 0 fully saturated rings. The van der Waals surface area contributed by atoms with Crippen molar-refractivity contribution in [1.29, 1.82) is 0 Å². The Morgan fingerprint density at radius 3 is 2.71 bits per heavy atom. The number of hydrogen-bond acceptors (Lipinski definition) is 3. The molecule has 1 aromatic carbocycles. The van der Waals surface area contributed by atoms with E-state index in [0.29, 0.717) is 5.56 Å². The average molecular weight is 231 g/mol. The quantitative estimate of drug-likeness (QED) is 0.743. The van der Waals surface area contributed by atoms with E-state index in [1.54, 1.807) is 12.1 Å². The third kappa shape index (κ3) is 2.31. The molecule has 1 aromatic heterocycles. The van der Waals surface area contributed by atoms with Gasteiger partial charge in [0.1, 0.15) is 0 Å². The second kappa shape index (κ2) is 4.48. The third-order valence-electron chi connectivity index (χ3n) is 2.17. The Labute approximate surface area is 96.3 Å². The average Bonchev–Trinajstić information content (AvgIpc) is 2.83. The summed E-state index contributed by atoms with van der Waals surface area (Å²) in [6.07, 6.45) is 2.79. The molecule has 17 heavy (non-hydrogen) atoms. The predicted molar refractivity (Wildman–Crippen MR) is 59.9 cm³/mol. The number of benzene rings is 1. The number of nitrogens with zero attached hydrogens (tertiary/aromatic N) is 1. The summed E-state index contributed by atoms with van der Waals surface area (Å²) in [6.45, 7) is 0. The summed E-state index contributed by atoms with van der Waals surface area (Å²) in [5, 5.41) is 17.6. The van der Waals surface area contributed by atoms with Crippen LogP contribution in [0.4, 0.5) is 5.69 Å².